The summed E-state index contributed by atoms with van der Waals surface area (Å²) in [5.41, 5.74) is 0.423. The highest BCUT2D eigenvalue weighted by Crippen LogP contribution is 2.29. The largest absolute Gasteiger partial charge is 0.441 e. The van der Waals surface area contributed by atoms with E-state index in [4.69, 9.17) is 4.74 Å². The molecule has 1 N–H and O–H groups in total. The first-order valence-electron chi connectivity index (χ1n) is 8.21. The van der Waals surface area contributed by atoms with E-state index in [1.54, 1.807) is 10.5 Å². The van der Waals surface area contributed by atoms with Gasteiger partial charge in [0.2, 0.25) is 0 Å². The molecule has 0 radical (unpaired) electrons. The maximum atomic E-state index is 12.2. The molecule has 128 valence electrons. The Morgan fingerprint density at radius 3 is 3.04 bits per heavy atom. The van der Waals surface area contributed by atoms with E-state index in [0.717, 1.165) is 47.9 Å². The fraction of sp³-hybridized carbons (Fsp3) is 0.562. The molecule has 1 atom stereocenters. The highest BCUT2D eigenvalue weighted by Gasteiger charge is 2.41. The monoisotopic (exact) mass is 348 g/mol. The van der Waals surface area contributed by atoms with Crippen molar-refractivity contribution >= 4 is 22.4 Å². The van der Waals surface area contributed by atoms with Crippen molar-refractivity contribution < 1.29 is 9.53 Å². The predicted octanol–water partition coefficient (Wildman–Crippen LogP) is 1.53. The summed E-state index contributed by atoms with van der Waals surface area (Å²) < 4.78 is 7.11. The van der Waals surface area contributed by atoms with Crippen molar-refractivity contribution in [3.8, 4) is 0 Å². The number of likely N-dealkylation sites (tertiary alicyclic amines) is 1. The van der Waals surface area contributed by atoms with Gasteiger partial charge in [-0.1, -0.05) is 0 Å². The number of aryl methyl sites for hydroxylation is 1. The molecule has 0 bridgehead atoms. The number of fused-ring (bicyclic) bond motifs is 1. The van der Waals surface area contributed by atoms with Crippen LogP contribution < -0.4 is 10.9 Å². The van der Waals surface area contributed by atoms with Crippen LogP contribution in [-0.2, 0) is 11.3 Å². The van der Waals surface area contributed by atoms with E-state index < -0.39 is 0 Å². The molecule has 8 heteroatoms. The van der Waals surface area contributed by atoms with Gasteiger partial charge in [0, 0.05) is 36.7 Å². The molecule has 1 amide bonds. The van der Waals surface area contributed by atoms with E-state index in [1.165, 1.54) is 11.3 Å². The van der Waals surface area contributed by atoms with Crippen molar-refractivity contribution in [2.24, 2.45) is 0 Å². The number of hydrogen-bond donors (Lipinski definition) is 1. The van der Waals surface area contributed by atoms with Gasteiger partial charge in [-0.2, -0.15) is 0 Å². The van der Waals surface area contributed by atoms with E-state index >= 15 is 0 Å². The lowest BCUT2D eigenvalue weighted by Crippen LogP contribution is -2.35. The van der Waals surface area contributed by atoms with Crippen LogP contribution in [0.15, 0.2) is 17.1 Å². The highest BCUT2D eigenvalue weighted by atomic mass is 32.1. The first-order chi connectivity index (χ1) is 11.5. The average molecular weight is 348 g/mol. The van der Waals surface area contributed by atoms with Gasteiger partial charge in [0.1, 0.15) is 5.60 Å². The Morgan fingerprint density at radius 2 is 2.25 bits per heavy atom. The number of carbonyl (C=O) groups is 1. The SMILES string of the molecule is Cc1cn2c(=O)cc(CN3CCCC4(CC3)CNC(=O)O4)nc2s1. The van der Waals surface area contributed by atoms with Gasteiger partial charge in [-0.25, -0.2) is 9.78 Å². The zero-order valence-electron chi connectivity index (χ0n) is 13.6. The number of amides is 1. The molecule has 2 fully saturated rings. The van der Waals surface area contributed by atoms with Crippen LogP contribution in [0.3, 0.4) is 0 Å². The first-order valence-corrected chi connectivity index (χ1v) is 9.03. The van der Waals surface area contributed by atoms with Crippen LogP contribution in [0, 0.1) is 6.92 Å². The van der Waals surface area contributed by atoms with Crippen LogP contribution >= 0.6 is 11.3 Å². The van der Waals surface area contributed by atoms with Crippen LogP contribution in [0.2, 0.25) is 0 Å². The lowest BCUT2D eigenvalue weighted by Gasteiger charge is -2.24. The van der Waals surface area contributed by atoms with E-state index in [-0.39, 0.29) is 17.3 Å². The molecule has 2 aliphatic rings. The standard InChI is InChI=1S/C16H20N4O3S/c1-11-8-20-13(21)7-12(18-14(20)24-11)9-19-5-2-3-16(4-6-19)10-17-15(22)23-16/h7-8H,2-6,9-10H2,1H3,(H,17,22). The van der Waals surface area contributed by atoms with Crippen molar-refractivity contribution in [2.75, 3.05) is 19.6 Å². The zero-order valence-corrected chi connectivity index (χ0v) is 14.4. The number of ether oxygens (including phenoxy) is 1. The molecule has 2 saturated heterocycles. The average Bonchev–Trinajstić information content (AvgIpc) is 3.01. The topological polar surface area (TPSA) is 75.9 Å². The van der Waals surface area contributed by atoms with Gasteiger partial charge in [0.25, 0.3) is 5.56 Å². The fourth-order valence-corrected chi connectivity index (χ4v) is 4.38. The van der Waals surface area contributed by atoms with Gasteiger partial charge < -0.3 is 10.1 Å². The molecule has 0 aromatic carbocycles. The third kappa shape index (κ3) is 2.91. The number of aromatic nitrogens is 2. The van der Waals surface area contributed by atoms with Gasteiger partial charge in [-0.3, -0.25) is 14.1 Å². The Morgan fingerprint density at radius 1 is 1.38 bits per heavy atom. The van der Waals surface area contributed by atoms with Crippen molar-refractivity contribution in [1.82, 2.24) is 19.6 Å². The number of rotatable bonds is 2. The second-order valence-electron chi connectivity index (χ2n) is 6.64. The minimum atomic E-state index is -0.354. The summed E-state index contributed by atoms with van der Waals surface area (Å²) in [4.78, 5) is 32.3. The van der Waals surface area contributed by atoms with Crippen LogP contribution in [0.25, 0.3) is 4.96 Å². The second-order valence-corrected chi connectivity index (χ2v) is 7.85. The summed E-state index contributed by atoms with van der Waals surface area (Å²) in [6.07, 6.45) is 4.17. The third-order valence-corrected chi connectivity index (χ3v) is 5.67. The van der Waals surface area contributed by atoms with Gasteiger partial charge in [-0.15, -0.1) is 11.3 Å². The predicted molar refractivity (Wildman–Crippen MR) is 90.4 cm³/mol. The molecular weight excluding hydrogens is 328 g/mol. The molecule has 7 nitrogen and oxygen atoms in total. The van der Waals surface area contributed by atoms with Crippen LogP contribution in [-0.4, -0.2) is 45.6 Å². The van der Waals surface area contributed by atoms with Crippen molar-refractivity contribution in [2.45, 2.75) is 38.3 Å². The Hall–Kier alpha value is -1.93. The van der Waals surface area contributed by atoms with E-state index in [9.17, 15) is 9.59 Å². The zero-order chi connectivity index (χ0) is 16.7. The summed E-state index contributed by atoms with van der Waals surface area (Å²) in [6.45, 7) is 4.98. The summed E-state index contributed by atoms with van der Waals surface area (Å²) >= 11 is 1.53. The van der Waals surface area contributed by atoms with Crippen molar-refractivity contribution in [1.29, 1.82) is 0 Å². The summed E-state index contributed by atoms with van der Waals surface area (Å²) in [5, 5.41) is 2.77. The normalized spacial score (nSPS) is 25.0. The molecule has 0 saturated carbocycles. The van der Waals surface area contributed by atoms with Gasteiger partial charge in [-0.05, 0) is 26.3 Å². The van der Waals surface area contributed by atoms with E-state index in [1.807, 2.05) is 13.1 Å². The van der Waals surface area contributed by atoms with Crippen molar-refractivity contribution in [3.05, 3.63) is 33.2 Å². The molecule has 1 spiro atoms. The molecular formula is C16H20N4O3S. The summed E-state index contributed by atoms with van der Waals surface area (Å²) in [7, 11) is 0. The number of carbonyl (C=O) groups excluding carboxylic acids is 1. The molecule has 4 rings (SSSR count). The number of nitrogens with zero attached hydrogens (tertiary/aromatic N) is 3. The van der Waals surface area contributed by atoms with Crippen LogP contribution in [0.1, 0.15) is 29.8 Å². The fourth-order valence-electron chi connectivity index (χ4n) is 3.53. The molecule has 2 aromatic heterocycles. The Bertz CT molecular complexity index is 845. The Balaban J connectivity index is 1.49. The molecule has 4 heterocycles. The lowest BCUT2D eigenvalue weighted by molar-refractivity contribution is 0.0442. The van der Waals surface area contributed by atoms with Gasteiger partial charge in [0.15, 0.2) is 4.96 Å². The Kier molecular flexibility index (Phi) is 3.80. The third-order valence-electron chi connectivity index (χ3n) is 4.78. The first kappa shape index (κ1) is 15.6. The van der Waals surface area contributed by atoms with Crippen LogP contribution in [0.5, 0.6) is 0 Å². The summed E-state index contributed by atoms with van der Waals surface area (Å²) in [5.74, 6) is 0. The maximum Gasteiger partial charge on any atom is 0.407 e. The number of alkyl carbamates (subject to hydrolysis) is 1. The van der Waals surface area contributed by atoms with Crippen LogP contribution in [0.4, 0.5) is 4.79 Å². The highest BCUT2D eigenvalue weighted by molar-refractivity contribution is 7.16. The maximum absolute atomic E-state index is 12.2. The minimum Gasteiger partial charge on any atom is -0.441 e. The van der Waals surface area contributed by atoms with Gasteiger partial charge in [0.05, 0.1) is 12.2 Å². The minimum absolute atomic E-state index is 0.0282. The van der Waals surface area contributed by atoms with Crippen molar-refractivity contribution in [3.63, 3.8) is 0 Å². The number of nitrogens with one attached hydrogen (secondary N) is 1. The van der Waals surface area contributed by atoms with E-state index in [2.05, 4.69) is 15.2 Å². The quantitative estimate of drug-likeness (QED) is 0.891. The lowest BCUT2D eigenvalue weighted by atomic mass is 9.95. The number of hydrogen-bond acceptors (Lipinski definition) is 6. The second kappa shape index (κ2) is 5.86. The molecule has 1 unspecified atom stereocenters. The molecule has 2 aliphatic heterocycles. The van der Waals surface area contributed by atoms with Gasteiger partial charge >= 0.3 is 6.09 Å². The van der Waals surface area contributed by atoms with E-state index in [0.29, 0.717) is 13.1 Å². The summed E-state index contributed by atoms with van der Waals surface area (Å²) in [6, 6.07) is 1.62. The number of thiazole rings is 1. The molecule has 24 heavy (non-hydrogen) atoms. The Labute approximate surface area is 143 Å². The molecule has 2 aromatic rings. The molecule has 0 aliphatic carbocycles. The smallest absolute Gasteiger partial charge is 0.407 e.